The summed E-state index contributed by atoms with van der Waals surface area (Å²) in [6.07, 6.45) is 2.76. The zero-order valence-corrected chi connectivity index (χ0v) is 9.41. The van der Waals surface area contributed by atoms with Gasteiger partial charge in [0.15, 0.2) is 0 Å². The smallest absolute Gasteiger partial charge is 0.221 e. The number of rotatable bonds is 4. The predicted octanol–water partition coefficient (Wildman–Crippen LogP) is -0.548. The summed E-state index contributed by atoms with van der Waals surface area (Å²) in [4.78, 5) is 13.6. The molecule has 0 aromatic heterocycles. The van der Waals surface area contributed by atoms with Crippen LogP contribution in [0.25, 0.3) is 0 Å². The maximum atomic E-state index is 11.5. The van der Waals surface area contributed by atoms with Crippen LogP contribution in [0, 0.1) is 11.3 Å². The molecule has 0 spiro atoms. The summed E-state index contributed by atoms with van der Waals surface area (Å²) in [5, 5.41) is 15.1. The monoisotopic (exact) mass is 222 g/mol. The second-order valence-corrected chi connectivity index (χ2v) is 4.48. The number of amides is 1. The Balaban J connectivity index is 1.70. The highest BCUT2D eigenvalue weighted by Crippen LogP contribution is 2.18. The number of carbonyl (C=O) groups excluding carboxylic acids is 1. The van der Waals surface area contributed by atoms with Crippen LogP contribution in [0.2, 0.25) is 0 Å². The van der Waals surface area contributed by atoms with Gasteiger partial charge in [-0.05, 0) is 12.8 Å². The molecule has 2 fully saturated rings. The molecular weight excluding hydrogens is 204 g/mol. The van der Waals surface area contributed by atoms with Crippen molar-refractivity contribution in [3.8, 4) is 6.07 Å². The molecule has 2 rings (SSSR count). The van der Waals surface area contributed by atoms with Crippen molar-refractivity contribution in [1.82, 2.24) is 15.5 Å². The molecule has 88 valence electrons. The molecule has 2 N–H and O–H groups in total. The minimum Gasteiger partial charge on any atom is -0.353 e. The number of nitrogens with one attached hydrogen (secondary N) is 2. The fourth-order valence-electron chi connectivity index (χ4n) is 1.91. The molecule has 0 aromatic carbocycles. The first-order valence-electron chi connectivity index (χ1n) is 5.93. The number of hydrogen-bond acceptors (Lipinski definition) is 4. The van der Waals surface area contributed by atoms with Gasteiger partial charge >= 0.3 is 0 Å². The van der Waals surface area contributed by atoms with E-state index in [0.717, 1.165) is 25.9 Å². The van der Waals surface area contributed by atoms with Crippen molar-refractivity contribution in [2.75, 3.05) is 26.2 Å². The van der Waals surface area contributed by atoms with Crippen molar-refractivity contribution in [1.29, 1.82) is 5.26 Å². The molecule has 1 aliphatic carbocycles. The molecule has 1 saturated heterocycles. The summed E-state index contributed by atoms with van der Waals surface area (Å²) in [6.45, 7) is 3.16. The lowest BCUT2D eigenvalue weighted by Crippen LogP contribution is -2.51. The van der Waals surface area contributed by atoms with Crippen LogP contribution in [-0.4, -0.2) is 49.1 Å². The van der Waals surface area contributed by atoms with Gasteiger partial charge in [-0.15, -0.1) is 0 Å². The van der Waals surface area contributed by atoms with Gasteiger partial charge in [-0.1, -0.05) is 0 Å². The average molecular weight is 222 g/mol. The molecule has 0 aromatic rings. The van der Waals surface area contributed by atoms with E-state index in [0.29, 0.717) is 25.6 Å². The normalized spacial score (nSPS) is 26.1. The molecule has 1 amide bonds. The molecular formula is C11H18N4O. The Labute approximate surface area is 95.8 Å². The maximum absolute atomic E-state index is 11.5. The van der Waals surface area contributed by atoms with Gasteiger partial charge in [-0.2, -0.15) is 5.26 Å². The van der Waals surface area contributed by atoms with E-state index in [-0.39, 0.29) is 11.9 Å². The molecule has 1 atom stereocenters. The van der Waals surface area contributed by atoms with Crippen LogP contribution in [0.15, 0.2) is 0 Å². The Morgan fingerprint density at radius 2 is 2.38 bits per heavy atom. The Hall–Kier alpha value is -1.12. The van der Waals surface area contributed by atoms with Gasteiger partial charge in [0.05, 0.1) is 6.07 Å². The lowest BCUT2D eigenvalue weighted by atomic mass is 10.2. The van der Waals surface area contributed by atoms with Gasteiger partial charge in [0, 0.05) is 38.6 Å². The van der Waals surface area contributed by atoms with Crippen molar-refractivity contribution in [2.45, 2.75) is 31.3 Å². The predicted molar refractivity (Wildman–Crippen MR) is 59.6 cm³/mol. The SMILES string of the molecule is N#CC1CNCCN1CCC(=O)NC1CC1. The van der Waals surface area contributed by atoms with Gasteiger partial charge in [0.2, 0.25) is 5.91 Å². The van der Waals surface area contributed by atoms with Gasteiger partial charge in [0.25, 0.3) is 0 Å². The second kappa shape index (κ2) is 5.28. The summed E-state index contributed by atoms with van der Waals surface area (Å²) >= 11 is 0. The number of piperazine rings is 1. The summed E-state index contributed by atoms with van der Waals surface area (Å²) in [5.74, 6) is 0.123. The fourth-order valence-corrected chi connectivity index (χ4v) is 1.91. The Bertz CT molecular complexity index is 295. The zero-order valence-electron chi connectivity index (χ0n) is 9.41. The van der Waals surface area contributed by atoms with Crippen LogP contribution >= 0.6 is 0 Å². The van der Waals surface area contributed by atoms with E-state index in [2.05, 4.69) is 21.6 Å². The largest absolute Gasteiger partial charge is 0.353 e. The van der Waals surface area contributed by atoms with E-state index in [1.54, 1.807) is 0 Å². The summed E-state index contributed by atoms with van der Waals surface area (Å²) < 4.78 is 0. The Morgan fingerprint density at radius 1 is 1.56 bits per heavy atom. The van der Waals surface area contributed by atoms with Crippen LogP contribution in [0.1, 0.15) is 19.3 Å². The fraction of sp³-hybridized carbons (Fsp3) is 0.818. The lowest BCUT2D eigenvalue weighted by molar-refractivity contribution is -0.121. The summed E-state index contributed by atoms with van der Waals surface area (Å²) in [6, 6.07) is 2.61. The van der Waals surface area contributed by atoms with Crippen LogP contribution in [-0.2, 0) is 4.79 Å². The third-order valence-electron chi connectivity index (χ3n) is 3.07. The number of carbonyl (C=O) groups is 1. The quantitative estimate of drug-likeness (QED) is 0.670. The highest BCUT2D eigenvalue weighted by atomic mass is 16.1. The van der Waals surface area contributed by atoms with Gasteiger partial charge in [-0.25, -0.2) is 0 Å². The minimum atomic E-state index is -0.0810. The molecule has 1 unspecified atom stereocenters. The van der Waals surface area contributed by atoms with Gasteiger partial charge < -0.3 is 10.6 Å². The third kappa shape index (κ3) is 3.19. The summed E-state index contributed by atoms with van der Waals surface area (Å²) in [7, 11) is 0. The maximum Gasteiger partial charge on any atom is 0.221 e. The van der Waals surface area contributed by atoms with Crippen molar-refractivity contribution in [3.05, 3.63) is 0 Å². The second-order valence-electron chi connectivity index (χ2n) is 4.48. The first-order chi connectivity index (χ1) is 7.79. The first kappa shape index (κ1) is 11.4. The number of nitrogens with zero attached hydrogens (tertiary/aromatic N) is 2. The van der Waals surface area contributed by atoms with Gasteiger partial charge in [0.1, 0.15) is 6.04 Å². The standard InChI is InChI=1S/C11H18N4O/c12-7-10-8-13-4-6-15(10)5-3-11(16)14-9-1-2-9/h9-10,13H,1-6,8H2,(H,14,16). The van der Waals surface area contributed by atoms with E-state index >= 15 is 0 Å². The Kier molecular flexibility index (Phi) is 3.75. The average Bonchev–Trinajstić information content (AvgIpc) is 3.10. The minimum absolute atomic E-state index is 0.0810. The molecule has 1 saturated carbocycles. The molecule has 0 radical (unpaired) electrons. The molecule has 0 bridgehead atoms. The molecule has 1 heterocycles. The van der Waals surface area contributed by atoms with Crippen molar-refractivity contribution in [2.24, 2.45) is 0 Å². The topological polar surface area (TPSA) is 68.2 Å². The summed E-state index contributed by atoms with van der Waals surface area (Å²) in [5.41, 5.74) is 0. The van der Waals surface area contributed by atoms with E-state index in [4.69, 9.17) is 5.26 Å². The molecule has 5 nitrogen and oxygen atoms in total. The zero-order chi connectivity index (χ0) is 11.4. The van der Waals surface area contributed by atoms with Crippen molar-refractivity contribution in [3.63, 3.8) is 0 Å². The Morgan fingerprint density at radius 3 is 3.06 bits per heavy atom. The molecule has 2 aliphatic rings. The highest BCUT2D eigenvalue weighted by Gasteiger charge is 2.25. The van der Waals surface area contributed by atoms with Crippen LogP contribution in [0.3, 0.4) is 0 Å². The number of hydrogen-bond donors (Lipinski definition) is 2. The van der Waals surface area contributed by atoms with Gasteiger partial charge in [-0.3, -0.25) is 9.69 Å². The van der Waals surface area contributed by atoms with Crippen LogP contribution in [0.4, 0.5) is 0 Å². The van der Waals surface area contributed by atoms with E-state index in [1.807, 2.05) is 0 Å². The molecule has 1 aliphatic heterocycles. The van der Waals surface area contributed by atoms with Crippen molar-refractivity contribution >= 4 is 5.91 Å². The van der Waals surface area contributed by atoms with Crippen LogP contribution in [0.5, 0.6) is 0 Å². The first-order valence-corrected chi connectivity index (χ1v) is 5.93. The lowest BCUT2D eigenvalue weighted by Gasteiger charge is -2.31. The van der Waals surface area contributed by atoms with E-state index in [9.17, 15) is 4.79 Å². The molecule has 16 heavy (non-hydrogen) atoms. The van der Waals surface area contributed by atoms with E-state index in [1.165, 1.54) is 0 Å². The third-order valence-corrected chi connectivity index (χ3v) is 3.07. The highest BCUT2D eigenvalue weighted by molar-refractivity contribution is 5.76. The molecule has 5 heteroatoms. The van der Waals surface area contributed by atoms with Crippen molar-refractivity contribution < 1.29 is 4.79 Å². The van der Waals surface area contributed by atoms with Crippen LogP contribution < -0.4 is 10.6 Å². The van der Waals surface area contributed by atoms with E-state index < -0.39 is 0 Å². The number of nitriles is 1.